The highest BCUT2D eigenvalue weighted by molar-refractivity contribution is 6.31. The predicted octanol–water partition coefficient (Wildman–Crippen LogP) is 3.10. The fourth-order valence-electron chi connectivity index (χ4n) is 2.33. The van der Waals surface area contributed by atoms with Gasteiger partial charge in [-0.25, -0.2) is 9.98 Å². The maximum Gasteiger partial charge on any atom is 0.191 e. The van der Waals surface area contributed by atoms with Crippen molar-refractivity contribution in [2.24, 2.45) is 4.99 Å². The van der Waals surface area contributed by atoms with Gasteiger partial charge in [-0.3, -0.25) is 0 Å². The normalized spacial score (nSPS) is 11.3. The Kier molecular flexibility index (Phi) is 7.54. The summed E-state index contributed by atoms with van der Waals surface area (Å²) >= 11 is 6.20. The van der Waals surface area contributed by atoms with Gasteiger partial charge in [0.2, 0.25) is 0 Å². The lowest BCUT2D eigenvalue weighted by atomic mass is 10.1. The van der Waals surface area contributed by atoms with Crippen LogP contribution in [0.4, 0.5) is 5.82 Å². The summed E-state index contributed by atoms with van der Waals surface area (Å²) in [7, 11) is 3.96. The van der Waals surface area contributed by atoms with Crippen LogP contribution in [0.5, 0.6) is 0 Å². The molecule has 0 aliphatic rings. The highest BCUT2D eigenvalue weighted by atomic mass is 35.5. The predicted molar refractivity (Wildman–Crippen MR) is 107 cm³/mol. The number of hydrogen-bond donors (Lipinski definition) is 2. The number of benzene rings is 1. The highest BCUT2D eigenvalue weighted by Crippen LogP contribution is 2.14. The first kappa shape index (κ1) is 19.1. The van der Waals surface area contributed by atoms with Crippen LogP contribution in [0.3, 0.4) is 0 Å². The Bertz CT molecular complexity index is 700. The van der Waals surface area contributed by atoms with E-state index in [1.165, 1.54) is 0 Å². The Balaban J connectivity index is 1.94. The lowest BCUT2D eigenvalue weighted by molar-refractivity contribution is 0.799. The van der Waals surface area contributed by atoms with E-state index >= 15 is 0 Å². The topological polar surface area (TPSA) is 52.6 Å². The van der Waals surface area contributed by atoms with E-state index in [2.05, 4.69) is 33.6 Å². The van der Waals surface area contributed by atoms with Crippen molar-refractivity contribution in [1.29, 1.82) is 0 Å². The van der Waals surface area contributed by atoms with Crippen LogP contribution in [-0.2, 0) is 13.0 Å². The van der Waals surface area contributed by atoms with E-state index in [1.54, 1.807) is 0 Å². The zero-order valence-electron chi connectivity index (χ0n) is 15.1. The van der Waals surface area contributed by atoms with Crippen LogP contribution >= 0.6 is 11.6 Å². The number of guanidine groups is 1. The van der Waals surface area contributed by atoms with Gasteiger partial charge in [-0.1, -0.05) is 29.8 Å². The molecule has 0 aliphatic carbocycles. The summed E-state index contributed by atoms with van der Waals surface area (Å²) in [6.07, 6.45) is 2.67. The molecule has 0 fully saturated rings. The Morgan fingerprint density at radius 2 is 2.00 bits per heavy atom. The van der Waals surface area contributed by atoms with Crippen LogP contribution in [0.15, 0.2) is 47.6 Å². The summed E-state index contributed by atoms with van der Waals surface area (Å²) in [4.78, 5) is 11.0. The van der Waals surface area contributed by atoms with E-state index in [4.69, 9.17) is 11.6 Å². The molecule has 5 nitrogen and oxygen atoms in total. The fourth-order valence-corrected chi connectivity index (χ4v) is 2.56. The summed E-state index contributed by atoms with van der Waals surface area (Å²) < 4.78 is 0. The van der Waals surface area contributed by atoms with E-state index in [0.29, 0.717) is 6.54 Å². The highest BCUT2D eigenvalue weighted by Gasteiger charge is 2.02. The average Bonchev–Trinajstić information content (AvgIpc) is 2.61. The number of nitrogens with one attached hydrogen (secondary N) is 2. The van der Waals surface area contributed by atoms with Gasteiger partial charge in [-0.05, 0) is 42.7 Å². The average molecular weight is 360 g/mol. The minimum absolute atomic E-state index is 0.602. The molecule has 0 saturated carbocycles. The molecule has 0 atom stereocenters. The van der Waals surface area contributed by atoms with E-state index in [0.717, 1.165) is 47.4 Å². The van der Waals surface area contributed by atoms with Gasteiger partial charge in [0, 0.05) is 38.4 Å². The van der Waals surface area contributed by atoms with Crippen molar-refractivity contribution in [1.82, 2.24) is 15.6 Å². The van der Waals surface area contributed by atoms with E-state index in [9.17, 15) is 0 Å². The summed E-state index contributed by atoms with van der Waals surface area (Å²) in [5.74, 6) is 1.74. The maximum atomic E-state index is 6.20. The zero-order chi connectivity index (χ0) is 18.1. The number of hydrogen-bond acceptors (Lipinski definition) is 3. The van der Waals surface area contributed by atoms with Gasteiger partial charge < -0.3 is 15.5 Å². The van der Waals surface area contributed by atoms with E-state index in [-0.39, 0.29) is 0 Å². The van der Waals surface area contributed by atoms with E-state index < -0.39 is 0 Å². The second-order valence-corrected chi connectivity index (χ2v) is 6.29. The van der Waals surface area contributed by atoms with Crippen LogP contribution in [0.1, 0.15) is 18.1 Å². The molecule has 0 radical (unpaired) electrons. The monoisotopic (exact) mass is 359 g/mol. The summed E-state index contributed by atoms with van der Waals surface area (Å²) in [5.41, 5.74) is 2.26. The first-order valence-corrected chi connectivity index (χ1v) is 8.85. The minimum atomic E-state index is 0.602. The smallest absolute Gasteiger partial charge is 0.191 e. The van der Waals surface area contributed by atoms with Crippen molar-refractivity contribution < 1.29 is 0 Å². The first-order valence-electron chi connectivity index (χ1n) is 8.48. The quantitative estimate of drug-likeness (QED) is 0.589. The van der Waals surface area contributed by atoms with Gasteiger partial charge in [-0.2, -0.15) is 0 Å². The molecule has 2 rings (SSSR count). The van der Waals surface area contributed by atoms with Crippen molar-refractivity contribution in [3.05, 3.63) is 58.7 Å². The largest absolute Gasteiger partial charge is 0.363 e. The lowest BCUT2D eigenvalue weighted by Gasteiger charge is -2.13. The van der Waals surface area contributed by atoms with Gasteiger partial charge in [0.25, 0.3) is 0 Å². The van der Waals surface area contributed by atoms with Crippen molar-refractivity contribution >= 4 is 23.4 Å². The molecule has 6 heteroatoms. The van der Waals surface area contributed by atoms with Gasteiger partial charge in [-0.15, -0.1) is 0 Å². The Morgan fingerprint density at radius 3 is 2.72 bits per heavy atom. The Hall–Kier alpha value is -2.27. The molecule has 1 aromatic heterocycles. The SMILES string of the molecule is CCNC(=NCc1ccnc(N(C)C)c1)NCCc1ccccc1Cl. The molecule has 1 heterocycles. The van der Waals surface area contributed by atoms with Crippen molar-refractivity contribution in [2.75, 3.05) is 32.1 Å². The van der Waals surface area contributed by atoms with Crippen LogP contribution in [0.2, 0.25) is 5.02 Å². The molecule has 0 saturated heterocycles. The number of halogens is 1. The third-order valence-electron chi connectivity index (χ3n) is 3.68. The van der Waals surface area contributed by atoms with Crippen molar-refractivity contribution in [2.45, 2.75) is 19.9 Å². The number of pyridine rings is 1. The third-order valence-corrected chi connectivity index (χ3v) is 4.05. The van der Waals surface area contributed by atoms with Crippen LogP contribution < -0.4 is 15.5 Å². The second kappa shape index (κ2) is 9.89. The lowest BCUT2D eigenvalue weighted by Crippen LogP contribution is -2.38. The van der Waals surface area contributed by atoms with Crippen LogP contribution in [0, 0.1) is 0 Å². The number of anilines is 1. The zero-order valence-corrected chi connectivity index (χ0v) is 15.8. The molecule has 2 N–H and O–H groups in total. The molecule has 0 unspecified atom stereocenters. The number of nitrogens with zero attached hydrogens (tertiary/aromatic N) is 3. The molecule has 0 aliphatic heterocycles. The first-order chi connectivity index (χ1) is 12.1. The summed E-state index contributed by atoms with van der Waals surface area (Å²) in [5, 5.41) is 7.43. The molecule has 1 aromatic carbocycles. The minimum Gasteiger partial charge on any atom is -0.363 e. The van der Waals surface area contributed by atoms with Crippen LogP contribution in [-0.4, -0.2) is 38.1 Å². The molecule has 0 bridgehead atoms. The molecule has 134 valence electrons. The Labute approximate surface area is 155 Å². The van der Waals surface area contributed by atoms with Gasteiger partial charge in [0.15, 0.2) is 5.96 Å². The maximum absolute atomic E-state index is 6.20. The fraction of sp³-hybridized carbons (Fsp3) is 0.368. The van der Waals surface area contributed by atoms with Crippen LogP contribution in [0.25, 0.3) is 0 Å². The number of aromatic nitrogens is 1. The molecule has 0 spiro atoms. The standard InChI is InChI=1S/C19H26ClN5/c1-4-21-19(23-12-10-16-7-5-6-8-17(16)20)24-14-15-9-11-22-18(13-15)25(2)3/h5-9,11,13H,4,10,12,14H2,1-3H3,(H2,21,23,24). The molecule has 0 amide bonds. The Morgan fingerprint density at radius 1 is 1.20 bits per heavy atom. The van der Waals surface area contributed by atoms with E-state index in [1.807, 2.05) is 55.5 Å². The number of rotatable bonds is 7. The van der Waals surface area contributed by atoms with Gasteiger partial charge in [0.05, 0.1) is 6.54 Å². The summed E-state index contributed by atoms with van der Waals surface area (Å²) in [6.45, 7) is 4.25. The molecule has 25 heavy (non-hydrogen) atoms. The third kappa shape index (κ3) is 6.27. The van der Waals surface area contributed by atoms with Crippen molar-refractivity contribution in [3.8, 4) is 0 Å². The summed E-state index contributed by atoms with van der Waals surface area (Å²) in [6, 6.07) is 12.0. The molecule has 2 aromatic rings. The number of aliphatic imine (C=N–C) groups is 1. The van der Waals surface area contributed by atoms with Gasteiger partial charge in [0.1, 0.15) is 5.82 Å². The molecular weight excluding hydrogens is 334 g/mol. The van der Waals surface area contributed by atoms with Gasteiger partial charge >= 0.3 is 0 Å². The van der Waals surface area contributed by atoms with Crippen molar-refractivity contribution in [3.63, 3.8) is 0 Å². The second-order valence-electron chi connectivity index (χ2n) is 5.88. The molecular formula is C19H26ClN5.